The number of thiophene rings is 1. The highest BCUT2D eigenvalue weighted by atomic mass is 79.9. The smallest absolute Gasteiger partial charge is 0.194 e. The van der Waals surface area contributed by atoms with Crippen molar-refractivity contribution in [3.05, 3.63) is 20.8 Å². The quantitative estimate of drug-likeness (QED) is 0.803. The second kappa shape index (κ2) is 5.61. The molecule has 1 fully saturated rings. The molecule has 2 rings (SSSR count). The zero-order valence-electron chi connectivity index (χ0n) is 9.98. The topological polar surface area (TPSA) is 29.5 Å². The molecule has 1 saturated heterocycles. The lowest BCUT2D eigenvalue weighted by Crippen LogP contribution is -2.48. The summed E-state index contributed by atoms with van der Waals surface area (Å²) in [6.45, 7) is 6.53. The van der Waals surface area contributed by atoms with E-state index in [4.69, 9.17) is 4.74 Å². The van der Waals surface area contributed by atoms with Gasteiger partial charge in [-0.3, -0.25) is 9.69 Å². The number of ketones is 1. The number of carbonyl (C=O) groups is 1. The second-order valence-electron chi connectivity index (χ2n) is 4.45. The van der Waals surface area contributed by atoms with Gasteiger partial charge in [-0.25, -0.2) is 0 Å². The van der Waals surface area contributed by atoms with Crippen molar-refractivity contribution in [3.63, 3.8) is 0 Å². The van der Waals surface area contributed by atoms with Crippen molar-refractivity contribution in [1.82, 2.24) is 4.90 Å². The van der Waals surface area contributed by atoms with Crippen molar-refractivity contribution in [1.29, 1.82) is 0 Å². The molecule has 94 valence electrons. The molecule has 1 aliphatic rings. The van der Waals surface area contributed by atoms with Crippen molar-refractivity contribution in [2.75, 3.05) is 19.7 Å². The summed E-state index contributed by atoms with van der Waals surface area (Å²) in [5, 5.41) is 3.81. The van der Waals surface area contributed by atoms with Gasteiger partial charge < -0.3 is 4.74 Å². The fourth-order valence-electron chi connectivity index (χ4n) is 1.93. The van der Waals surface area contributed by atoms with E-state index in [1.54, 1.807) is 0 Å². The molecule has 3 nitrogen and oxygen atoms in total. The number of hydrogen-bond acceptors (Lipinski definition) is 4. The molecule has 0 bridgehead atoms. The largest absolute Gasteiger partial charge is 0.367 e. The second-order valence-corrected chi connectivity index (χ2v) is 6.04. The van der Waals surface area contributed by atoms with Crippen LogP contribution in [-0.2, 0) is 4.74 Å². The van der Waals surface area contributed by atoms with Gasteiger partial charge in [0.25, 0.3) is 0 Å². The van der Waals surface area contributed by atoms with Gasteiger partial charge in [-0.05, 0) is 29.8 Å². The van der Waals surface area contributed by atoms with Gasteiger partial charge in [0, 0.05) is 39.9 Å². The van der Waals surface area contributed by atoms with Crippen molar-refractivity contribution < 1.29 is 9.53 Å². The van der Waals surface area contributed by atoms with Gasteiger partial charge in [0.1, 0.15) is 6.10 Å². The molecule has 1 aromatic heterocycles. The predicted octanol–water partition coefficient (Wildman–Crippen LogP) is 2.80. The van der Waals surface area contributed by atoms with Crippen LogP contribution in [0.1, 0.15) is 24.2 Å². The number of ether oxygens (including phenoxy) is 1. The molecule has 1 unspecified atom stereocenters. The molecule has 0 aromatic carbocycles. The van der Waals surface area contributed by atoms with Gasteiger partial charge in [-0.2, -0.15) is 11.3 Å². The highest BCUT2D eigenvalue weighted by Gasteiger charge is 2.29. The maximum atomic E-state index is 12.3. The average molecular weight is 318 g/mol. The molecular weight excluding hydrogens is 302 g/mol. The Morgan fingerprint density at radius 1 is 1.59 bits per heavy atom. The number of rotatable bonds is 3. The zero-order valence-corrected chi connectivity index (χ0v) is 12.4. The number of morpholine rings is 1. The number of halogens is 1. The molecule has 0 amide bonds. The van der Waals surface area contributed by atoms with E-state index >= 15 is 0 Å². The minimum atomic E-state index is -0.322. The number of nitrogens with zero attached hydrogens (tertiary/aromatic N) is 1. The molecule has 0 radical (unpaired) electrons. The third kappa shape index (κ3) is 2.96. The standard InChI is InChI=1S/C12H16BrNO2S/c1-8(2)14-3-4-16-11(5-14)12(15)9-6-17-7-10(9)13/h6-8,11H,3-5H2,1-2H3. The van der Waals surface area contributed by atoms with E-state index in [-0.39, 0.29) is 11.9 Å². The Morgan fingerprint density at radius 2 is 2.35 bits per heavy atom. The Labute approximate surface area is 114 Å². The zero-order chi connectivity index (χ0) is 12.4. The molecule has 5 heteroatoms. The summed E-state index contributed by atoms with van der Waals surface area (Å²) in [4.78, 5) is 14.6. The third-order valence-electron chi connectivity index (χ3n) is 3.00. The third-order valence-corrected chi connectivity index (χ3v) is 4.70. The van der Waals surface area contributed by atoms with Crippen LogP contribution in [0.4, 0.5) is 0 Å². The van der Waals surface area contributed by atoms with E-state index in [1.165, 1.54) is 11.3 Å². The summed E-state index contributed by atoms with van der Waals surface area (Å²) in [6, 6.07) is 0.458. The van der Waals surface area contributed by atoms with Crippen molar-refractivity contribution >= 4 is 33.0 Å². The Morgan fingerprint density at radius 3 is 2.94 bits per heavy atom. The molecule has 1 aliphatic heterocycles. The van der Waals surface area contributed by atoms with Gasteiger partial charge in [0.15, 0.2) is 5.78 Å². The molecule has 0 saturated carbocycles. The van der Waals surface area contributed by atoms with Gasteiger partial charge in [0.2, 0.25) is 0 Å². The number of hydrogen-bond donors (Lipinski definition) is 0. The fourth-order valence-corrected chi connectivity index (χ4v) is 3.41. The molecule has 1 aromatic rings. The number of carbonyl (C=O) groups excluding carboxylic acids is 1. The fraction of sp³-hybridized carbons (Fsp3) is 0.583. The van der Waals surface area contributed by atoms with E-state index in [0.29, 0.717) is 19.2 Å². The van der Waals surface area contributed by atoms with Gasteiger partial charge in [-0.1, -0.05) is 0 Å². The summed E-state index contributed by atoms with van der Waals surface area (Å²) >= 11 is 4.93. The molecular formula is C12H16BrNO2S. The SMILES string of the molecule is CC(C)N1CCOC(C(=O)c2cscc2Br)C1. The first-order valence-electron chi connectivity index (χ1n) is 5.71. The minimum Gasteiger partial charge on any atom is -0.367 e. The van der Waals surface area contributed by atoms with Crippen LogP contribution < -0.4 is 0 Å². The first-order valence-corrected chi connectivity index (χ1v) is 7.44. The van der Waals surface area contributed by atoms with E-state index < -0.39 is 0 Å². The highest BCUT2D eigenvalue weighted by Crippen LogP contribution is 2.24. The molecule has 1 atom stereocenters. The minimum absolute atomic E-state index is 0.0866. The van der Waals surface area contributed by atoms with Crippen LogP contribution in [0, 0.1) is 0 Å². The van der Waals surface area contributed by atoms with Crippen LogP contribution in [0.25, 0.3) is 0 Å². The lowest BCUT2D eigenvalue weighted by Gasteiger charge is -2.34. The van der Waals surface area contributed by atoms with Crippen LogP contribution in [0.5, 0.6) is 0 Å². The van der Waals surface area contributed by atoms with Gasteiger partial charge in [0.05, 0.1) is 6.61 Å². The van der Waals surface area contributed by atoms with Crippen molar-refractivity contribution in [2.24, 2.45) is 0 Å². The Balaban J connectivity index is 2.07. The lowest BCUT2D eigenvalue weighted by atomic mass is 10.1. The van der Waals surface area contributed by atoms with Crippen LogP contribution in [0.15, 0.2) is 15.2 Å². The Hall–Kier alpha value is -0.230. The molecule has 17 heavy (non-hydrogen) atoms. The van der Waals surface area contributed by atoms with Crippen LogP contribution >= 0.6 is 27.3 Å². The first kappa shape index (κ1) is 13.2. The molecule has 0 aliphatic carbocycles. The number of Topliss-reactive ketones (excluding diaryl/α,β-unsaturated/α-hetero) is 1. The highest BCUT2D eigenvalue weighted by molar-refractivity contribution is 9.10. The van der Waals surface area contributed by atoms with Crippen molar-refractivity contribution in [2.45, 2.75) is 26.0 Å². The summed E-state index contributed by atoms with van der Waals surface area (Å²) in [5.74, 6) is 0.0866. The monoisotopic (exact) mass is 317 g/mol. The summed E-state index contributed by atoms with van der Waals surface area (Å²) < 4.78 is 6.46. The lowest BCUT2D eigenvalue weighted by molar-refractivity contribution is -0.0256. The van der Waals surface area contributed by atoms with Gasteiger partial charge >= 0.3 is 0 Å². The summed E-state index contributed by atoms with van der Waals surface area (Å²) in [7, 11) is 0. The normalized spacial score (nSPS) is 22.0. The van der Waals surface area contributed by atoms with Crippen LogP contribution in [0.2, 0.25) is 0 Å². The van der Waals surface area contributed by atoms with E-state index in [1.807, 2.05) is 10.8 Å². The maximum Gasteiger partial charge on any atom is 0.194 e. The Bertz CT molecular complexity index is 405. The summed E-state index contributed by atoms with van der Waals surface area (Å²) in [6.07, 6.45) is -0.322. The van der Waals surface area contributed by atoms with E-state index in [9.17, 15) is 4.79 Å². The van der Waals surface area contributed by atoms with E-state index in [0.717, 1.165) is 16.6 Å². The molecule has 0 spiro atoms. The van der Waals surface area contributed by atoms with E-state index in [2.05, 4.69) is 34.7 Å². The molecule has 2 heterocycles. The van der Waals surface area contributed by atoms with Crippen LogP contribution in [-0.4, -0.2) is 42.5 Å². The van der Waals surface area contributed by atoms with Crippen molar-refractivity contribution in [3.8, 4) is 0 Å². The van der Waals surface area contributed by atoms with Gasteiger partial charge in [-0.15, -0.1) is 0 Å². The summed E-state index contributed by atoms with van der Waals surface area (Å²) in [5.41, 5.74) is 0.741. The average Bonchev–Trinajstić information content (AvgIpc) is 2.74. The van der Waals surface area contributed by atoms with Crippen LogP contribution in [0.3, 0.4) is 0 Å². The Kier molecular flexibility index (Phi) is 4.36. The predicted molar refractivity (Wildman–Crippen MR) is 72.8 cm³/mol. The maximum absolute atomic E-state index is 12.3. The molecule has 0 N–H and O–H groups in total. The first-order chi connectivity index (χ1) is 8.09.